The van der Waals surface area contributed by atoms with Gasteiger partial charge in [0.05, 0.1) is 11.6 Å². The fourth-order valence-corrected chi connectivity index (χ4v) is 5.02. The Morgan fingerprint density at radius 2 is 2.28 bits per heavy atom. The van der Waals surface area contributed by atoms with Crippen molar-refractivity contribution in [1.82, 2.24) is 14.7 Å². The van der Waals surface area contributed by atoms with Crippen molar-refractivity contribution in [3.8, 4) is 0 Å². The lowest BCUT2D eigenvalue weighted by Crippen LogP contribution is -2.34. The molecular weight excluding hydrogens is 501 g/mol. The van der Waals surface area contributed by atoms with Crippen LogP contribution in [-0.4, -0.2) is 45.6 Å². The molecule has 8 heteroatoms. The standard InChI is InChI=1S/C17H21BrIN3O3/c1-10(22(17(23)24)12-4-5-12)11-8-13(19)15-14(9-11)21(20-16(15)18)6-3-7-25-2/h8-10,12H,3-7H2,1-2H3,(H,23,24). The molecule has 1 heterocycles. The minimum atomic E-state index is -0.847. The number of carbonyl (C=O) groups is 1. The van der Waals surface area contributed by atoms with Crippen molar-refractivity contribution >= 4 is 55.5 Å². The number of carboxylic acid groups (broad SMARTS) is 1. The molecule has 0 radical (unpaired) electrons. The van der Waals surface area contributed by atoms with Gasteiger partial charge in [-0.15, -0.1) is 0 Å². The molecule has 1 aliphatic rings. The van der Waals surface area contributed by atoms with Gasteiger partial charge in [0.1, 0.15) is 4.60 Å². The first-order chi connectivity index (χ1) is 11.9. The van der Waals surface area contributed by atoms with Crippen LogP contribution in [0.4, 0.5) is 4.79 Å². The van der Waals surface area contributed by atoms with E-state index in [0.29, 0.717) is 6.61 Å². The summed E-state index contributed by atoms with van der Waals surface area (Å²) in [7, 11) is 1.69. The van der Waals surface area contributed by atoms with Crippen molar-refractivity contribution < 1.29 is 14.6 Å². The molecule has 0 spiro atoms. The number of aromatic nitrogens is 2. The summed E-state index contributed by atoms with van der Waals surface area (Å²) in [5.41, 5.74) is 2.03. The molecule has 1 aromatic carbocycles. The van der Waals surface area contributed by atoms with Gasteiger partial charge in [0.25, 0.3) is 0 Å². The van der Waals surface area contributed by atoms with Gasteiger partial charge in [0.2, 0.25) is 0 Å². The Kier molecular flexibility index (Phi) is 5.89. The normalized spacial score (nSPS) is 15.5. The van der Waals surface area contributed by atoms with E-state index in [1.807, 2.05) is 11.6 Å². The van der Waals surface area contributed by atoms with Gasteiger partial charge in [-0.1, -0.05) is 0 Å². The first kappa shape index (κ1) is 18.9. The monoisotopic (exact) mass is 521 g/mol. The molecular formula is C17H21BrIN3O3. The van der Waals surface area contributed by atoms with Crippen molar-refractivity contribution in [2.24, 2.45) is 0 Å². The molecule has 0 aliphatic heterocycles. The fourth-order valence-electron chi connectivity index (χ4n) is 3.15. The second kappa shape index (κ2) is 7.79. The average molecular weight is 522 g/mol. The minimum Gasteiger partial charge on any atom is -0.465 e. The Labute approximate surface area is 168 Å². The van der Waals surface area contributed by atoms with Crippen molar-refractivity contribution in [2.75, 3.05) is 13.7 Å². The lowest BCUT2D eigenvalue weighted by atomic mass is 10.1. The molecule has 1 fully saturated rings. The SMILES string of the molecule is COCCCn1nc(Br)c2c(I)cc(C(C)N(C(=O)O)C3CC3)cc21. The van der Waals surface area contributed by atoms with Crippen LogP contribution in [0.5, 0.6) is 0 Å². The molecule has 6 nitrogen and oxygen atoms in total. The topological polar surface area (TPSA) is 67.6 Å². The van der Waals surface area contributed by atoms with Crippen LogP contribution in [0.3, 0.4) is 0 Å². The Hall–Kier alpha value is -0.870. The average Bonchev–Trinajstić information content (AvgIpc) is 3.32. The van der Waals surface area contributed by atoms with E-state index in [1.165, 1.54) is 0 Å². The maximum atomic E-state index is 11.7. The molecule has 0 saturated heterocycles. The zero-order chi connectivity index (χ0) is 18.1. The third-order valence-corrected chi connectivity index (χ3v) is 5.97. The number of amides is 1. The van der Waals surface area contributed by atoms with Gasteiger partial charge in [-0.05, 0) is 82.4 Å². The summed E-state index contributed by atoms with van der Waals surface area (Å²) in [6, 6.07) is 4.12. The van der Waals surface area contributed by atoms with Crippen LogP contribution < -0.4 is 0 Å². The molecule has 3 rings (SSSR count). The van der Waals surface area contributed by atoms with Crippen LogP contribution in [-0.2, 0) is 11.3 Å². The summed E-state index contributed by atoms with van der Waals surface area (Å²) in [6.45, 7) is 3.40. The Morgan fingerprint density at radius 3 is 2.88 bits per heavy atom. The maximum absolute atomic E-state index is 11.7. The number of aryl methyl sites for hydroxylation is 1. The van der Waals surface area contributed by atoms with Crippen LogP contribution in [0.1, 0.15) is 37.8 Å². The number of rotatable bonds is 7. The summed E-state index contributed by atoms with van der Waals surface area (Å²) in [6.07, 6.45) is 1.94. The van der Waals surface area contributed by atoms with E-state index in [-0.39, 0.29) is 12.1 Å². The highest BCUT2D eigenvalue weighted by molar-refractivity contribution is 14.1. The number of fused-ring (bicyclic) bond motifs is 1. The predicted octanol–water partition coefficient (Wildman–Crippen LogP) is 4.64. The molecule has 1 amide bonds. The quantitative estimate of drug-likeness (QED) is 0.425. The first-order valence-corrected chi connectivity index (χ1v) is 10.2. The number of benzene rings is 1. The summed E-state index contributed by atoms with van der Waals surface area (Å²) in [4.78, 5) is 13.3. The summed E-state index contributed by atoms with van der Waals surface area (Å²) in [5, 5.41) is 15.2. The minimum absolute atomic E-state index is 0.152. The Morgan fingerprint density at radius 1 is 1.56 bits per heavy atom. The lowest BCUT2D eigenvalue weighted by Gasteiger charge is -2.27. The fraction of sp³-hybridized carbons (Fsp3) is 0.529. The third-order valence-electron chi connectivity index (χ3n) is 4.56. The predicted molar refractivity (Wildman–Crippen MR) is 108 cm³/mol. The number of ether oxygens (including phenoxy) is 1. The van der Waals surface area contributed by atoms with Gasteiger partial charge in [-0.2, -0.15) is 5.10 Å². The summed E-state index contributed by atoms with van der Waals surface area (Å²) >= 11 is 5.85. The van der Waals surface area contributed by atoms with Crippen molar-refractivity contribution in [3.05, 3.63) is 25.9 Å². The largest absolute Gasteiger partial charge is 0.465 e. The summed E-state index contributed by atoms with van der Waals surface area (Å²) in [5.74, 6) is 0. The zero-order valence-electron chi connectivity index (χ0n) is 14.2. The first-order valence-electron chi connectivity index (χ1n) is 8.29. The van der Waals surface area contributed by atoms with E-state index in [0.717, 1.165) is 50.4 Å². The number of hydrogen-bond donors (Lipinski definition) is 1. The van der Waals surface area contributed by atoms with Crippen LogP contribution in [0.2, 0.25) is 0 Å². The molecule has 1 N–H and O–H groups in total. The molecule has 1 aliphatic carbocycles. The van der Waals surface area contributed by atoms with Crippen LogP contribution in [0, 0.1) is 3.57 Å². The van der Waals surface area contributed by atoms with Gasteiger partial charge < -0.3 is 9.84 Å². The lowest BCUT2D eigenvalue weighted by molar-refractivity contribution is 0.124. The highest BCUT2D eigenvalue weighted by Gasteiger charge is 2.36. The summed E-state index contributed by atoms with van der Waals surface area (Å²) < 4.78 is 9.00. The Bertz CT molecular complexity index is 791. The number of methoxy groups -OCH3 is 1. The molecule has 1 unspecified atom stereocenters. The van der Waals surface area contributed by atoms with E-state index in [1.54, 1.807) is 12.0 Å². The second-order valence-corrected chi connectivity index (χ2v) is 8.27. The molecule has 1 atom stereocenters. The van der Waals surface area contributed by atoms with Crippen molar-refractivity contribution in [3.63, 3.8) is 0 Å². The molecule has 136 valence electrons. The highest BCUT2D eigenvalue weighted by Crippen LogP contribution is 2.37. The second-order valence-electron chi connectivity index (χ2n) is 6.35. The van der Waals surface area contributed by atoms with Gasteiger partial charge in [-0.3, -0.25) is 9.58 Å². The number of hydrogen-bond acceptors (Lipinski definition) is 3. The molecule has 0 bridgehead atoms. The van der Waals surface area contributed by atoms with Crippen LogP contribution >= 0.6 is 38.5 Å². The highest BCUT2D eigenvalue weighted by atomic mass is 127. The van der Waals surface area contributed by atoms with E-state index in [9.17, 15) is 9.90 Å². The van der Waals surface area contributed by atoms with E-state index in [4.69, 9.17) is 4.74 Å². The molecule has 1 saturated carbocycles. The number of halogens is 2. The van der Waals surface area contributed by atoms with E-state index >= 15 is 0 Å². The van der Waals surface area contributed by atoms with E-state index < -0.39 is 6.09 Å². The Balaban J connectivity index is 1.98. The van der Waals surface area contributed by atoms with Gasteiger partial charge >= 0.3 is 6.09 Å². The van der Waals surface area contributed by atoms with E-state index in [2.05, 4.69) is 55.8 Å². The van der Waals surface area contributed by atoms with Crippen LogP contribution in [0.25, 0.3) is 10.9 Å². The molecule has 2 aromatic rings. The van der Waals surface area contributed by atoms with Gasteiger partial charge in [0, 0.05) is 35.3 Å². The van der Waals surface area contributed by atoms with Crippen molar-refractivity contribution in [2.45, 2.75) is 44.8 Å². The molecule has 25 heavy (non-hydrogen) atoms. The van der Waals surface area contributed by atoms with Gasteiger partial charge in [0.15, 0.2) is 0 Å². The number of nitrogens with zero attached hydrogens (tertiary/aromatic N) is 3. The maximum Gasteiger partial charge on any atom is 0.408 e. The van der Waals surface area contributed by atoms with Crippen molar-refractivity contribution in [1.29, 1.82) is 0 Å². The molecule has 1 aromatic heterocycles. The third kappa shape index (κ3) is 3.95. The van der Waals surface area contributed by atoms with Gasteiger partial charge in [-0.25, -0.2) is 4.79 Å². The zero-order valence-corrected chi connectivity index (χ0v) is 17.9. The smallest absolute Gasteiger partial charge is 0.408 e. The van der Waals surface area contributed by atoms with Crippen LogP contribution in [0.15, 0.2) is 16.7 Å².